The van der Waals surface area contributed by atoms with Gasteiger partial charge in [-0.2, -0.15) is 5.26 Å². The minimum atomic E-state index is -0.489. The summed E-state index contributed by atoms with van der Waals surface area (Å²) in [6.07, 6.45) is 0.514. The van der Waals surface area contributed by atoms with E-state index in [-0.39, 0.29) is 11.5 Å². The van der Waals surface area contributed by atoms with Crippen molar-refractivity contribution in [3.8, 4) is 6.07 Å². The van der Waals surface area contributed by atoms with Gasteiger partial charge in [0.1, 0.15) is 16.7 Å². The summed E-state index contributed by atoms with van der Waals surface area (Å²) in [6, 6.07) is 25.4. The van der Waals surface area contributed by atoms with E-state index < -0.39 is 11.2 Å². The third-order valence-corrected chi connectivity index (χ3v) is 7.32. The van der Waals surface area contributed by atoms with Crippen LogP contribution in [0.5, 0.6) is 0 Å². The molecular weight excluding hydrogens is 454 g/mol. The maximum atomic E-state index is 13.7. The molecule has 35 heavy (non-hydrogen) atoms. The predicted octanol–water partition coefficient (Wildman–Crippen LogP) is 5.35. The summed E-state index contributed by atoms with van der Waals surface area (Å²) in [5.41, 5.74) is 5.86. The molecule has 3 aromatic carbocycles. The molecule has 4 rings (SSSR count). The van der Waals surface area contributed by atoms with Crippen molar-refractivity contribution in [2.45, 2.75) is 39.0 Å². The number of anilines is 1. The molecule has 0 aromatic heterocycles. The summed E-state index contributed by atoms with van der Waals surface area (Å²) in [4.78, 5) is 28.3. The first-order valence-corrected chi connectivity index (χ1v) is 12.3. The molecule has 0 radical (unpaired) electrons. The molecule has 1 unspecified atom stereocenters. The molecule has 6 heteroatoms. The van der Waals surface area contributed by atoms with Crippen LogP contribution in [-0.4, -0.2) is 17.1 Å². The number of hydrogen-bond acceptors (Lipinski definition) is 4. The van der Waals surface area contributed by atoms with Crippen LogP contribution in [0.15, 0.2) is 83.4 Å². The van der Waals surface area contributed by atoms with E-state index >= 15 is 0 Å². The number of aryl methyl sites for hydroxylation is 3. The summed E-state index contributed by atoms with van der Waals surface area (Å²) in [5, 5.41) is 12.8. The van der Waals surface area contributed by atoms with E-state index in [9.17, 15) is 14.9 Å². The molecule has 0 aliphatic carbocycles. The molecular formula is C29H27N3O2S. The van der Waals surface area contributed by atoms with Gasteiger partial charge in [0, 0.05) is 12.2 Å². The van der Waals surface area contributed by atoms with E-state index in [0.717, 1.165) is 27.8 Å². The average molecular weight is 482 g/mol. The maximum Gasteiger partial charge on any atom is 0.264 e. The smallest absolute Gasteiger partial charge is 0.264 e. The van der Waals surface area contributed by atoms with E-state index in [1.807, 2.05) is 87.5 Å². The minimum absolute atomic E-state index is 0.0516. The van der Waals surface area contributed by atoms with Crippen LogP contribution in [0.25, 0.3) is 0 Å². The Kier molecular flexibility index (Phi) is 7.38. The van der Waals surface area contributed by atoms with Gasteiger partial charge in [0.25, 0.3) is 5.91 Å². The number of carbonyl (C=O) groups is 2. The third-order valence-electron chi connectivity index (χ3n) is 6.05. The molecule has 1 atom stereocenters. The number of nitriles is 1. The topological polar surface area (TPSA) is 73.2 Å². The number of nitrogens with zero attached hydrogens (tertiary/aromatic N) is 2. The maximum absolute atomic E-state index is 13.7. The zero-order valence-electron chi connectivity index (χ0n) is 20.0. The van der Waals surface area contributed by atoms with Crippen molar-refractivity contribution in [3.05, 3.63) is 111 Å². The number of nitrogens with one attached hydrogen (secondary N) is 1. The molecule has 1 saturated heterocycles. The second-order valence-corrected chi connectivity index (χ2v) is 9.89. The average Bonchev–Trinajstić information content (AvgIpc) is 3.16. The van der Waals surface area contributed by atoms with Crippen molar-refractivity contribution < 1.29 is 9.59 Å². The van der Waals surface area contributed by atoms with Crippen molar-refractivity contribution >= 4 is 29.3 Å². The lowest BCUT2D eigenvalue weighted by Crippen LogP contribution is -2.32. The van der Waals surface area contributed by atoms with Gasteiger partial charge >= 0.3 is 0 Å². The van der Waals surface area contributed by atoms with E-state index in [0.29, 0.717) is 23.7 Å². The largest absolute Gasteiger partial charge is 0.347 e. The van der Waals surface area contributed by atoms with Crippen molar-refractivity contribution in [1.29, 1.82) is 5.26 Å². The Morgan fingerprint density at radius 2 is 1.71 bits per heavy atom. The summed E-state index contributed by atoms with van der Waals surface area (Å²) < 4.78 is 0. The summed E-state index contributed by atoms with van der Waals surface area (Å²) in [7, 11) is 0. The quantitative estimate of drug-likeness (QED) is 0.380. The van der Waals surface area contributed by atoms with E-state index in [2.05, 4.69) is 17.5 Å². The molecule has 0 spiro atoms. The molecule has 0 saturated carbocycles. The van der Waals surface area contributed by atoms with Crippen LogP contribution in [0.1, 0.15) is 27.8 Å². The third kappa shape index (κ3) is 5.47. The first-order chi connectivity index (χ1) is 16.9. The molecule has 176 valence electrons. The second kappa shape index (κ2) is 10.6. The number of benzene rings is 3. The Labute approximate surface area is 210 Å². The van der Waals surface area contributed by atoms with E-state index in [1.165, 1.54) is 16.7 Å². The fourth-order valence-electron chi connectivity index (χ4n) is 4.01. The summed E-state index contributed by atoms with van der Waals surface area (Å²) >= 11 is 1.29. The SMILES string of the molecule is Cc1cccc(CC2S/C(=C(/C#N)C(=O)NCc3ccccc3)N(c3ccc(C)c(C)c3)C2=O)c1. The molecule has 1 heterocycles. The Morgan fingerprint density at radius 1 is 0.971 bits per heavy atom. The molecule has 1 aliphatic rings. The van der Waals surface area contributed by atoms with Crippen LogP contribution in [0, 0.1) is 32.1 Å². The Bertz CT molecular complexity index is 1340. The fourth-order valence-corrected chi connectivity index (χ4v) is 5.31. The lowest BCUT2D eigenvalue weighted by Gasteiger charge is -2.20. The zero-order valence-corrected chi connectivity index (χ0v) is 20.9. The van der Waals surface area contributed by atoms with Crippen LogP contribution < -0.4 is 10.2 Å². The van der Waals surface area contributed by atoms with Crippen molar-refractivity contribution in [2.24, 2.45) is 0 Å². The lowest BCUT2D eigenvalue weighted by molar-refractivity contribution is -0.117. The highest BCUT2D eigenvalue weighted by atomic mass is 32.2. The normalized spacial score (nSPS) is 16.7. The number of rotatable bonds is 6. The summed E-state index contributed by atoms with van der Waals surface area (Å²) in [5.74, 6) is -0.616. The molecule has 1 aliphatic heterocycles. The monoisotopic (exact) mass is 481 g/mol. The predicted molar refractivity (Wildman–Crippen MR) is 141 cm³/mol. The highest BCUT2D eigenvalue weighted by Crippen LogP contribution is 2.42. The minimum Gasteiger partial charge on any atom is -0.347 e. The lowest BCUT2D eigenvalue weighted by atomic mass is 10.1. The van der Waals surface area contributed by atoms with Crippen molar-refractivity contribution in [3.63, 3.8) is 0 Å². The summed E-state index contributed by atoms with van der Waals surface area (Å²) in [6.45, 7) is 6.31. The number of thioether (sulfide) groups is 1. The van der Waals surface area contributed by atoms with Crippen LogP contribution >= 0.6 is 11.8 Å². The van der Waals surface area contributed by atoms with Gasteiger partial charge in [-0.15, -0.1) is 0 Å². The van der Waals surface area contributed by atoms with Gasteiger partial charge in [-0.05, 0) is 61.6 Å². The standard InChI is InChI=1S/C29H27N3O2S/c1-19-8-7-11-23(14-19)16-26-28(34)32(24-13-12-20(2)21(3)15-24)29(35-26)25(17-30)27(33)31-18-22-9-5-4-6-10-22/h4-15,26H,16,18H2,1-3H3,(H,31,33)/b29-25-. The first kappa shape index (κ1) is 24.3. The van der Waals surface area contributed by atoms with Gasteiger partial charge < -0.3 is 5.32 Å². The Hall–Kier alpha value is -3.82. The Morgan fingerprint density at radius 3 is 2.40 bits per heavy atom. The fraction of sp³-hybridized carbons (Fsp3) is 0.207. The van der Waals surface area contributed by atoms with Gasteiger partial charge in [-0.25, -0.2) is 0 Å². The molecule has 1 N–H and O–H groups in total. The number of carbonyl (C=O) groups excluding carboxylic acids is 2. The second-order valence-electron chi connectivity index (χ2n) is 8.70. The van der Waals surface area contributed by atoms with Gasteiger partial charge in [0.05, 0.1) is 5.25 Å². The highest BCUT2D eigenvalue weighted by molar-refractivity contribution is 8.05. The zero-order chi connectivity index (χ0) is 24.9. The van der Waals surface area contributed by atoms with Gasteiger partial charge in [0.2, 0.25) is 5.91 Å². The van der Waals surface area contributed by atoms with Crippen LogP contribution in [0.3, 0.4) is 0 Å². The van der Waals surface area contributed by atoms with Gasteiger partial charge in [0.15, 0.2) is 0 Å². The van der Waals surface area contributed by atoms with E-state index in [1.54, 1.807) is 0 Å². The van der Waals surface area contributed by atoms with Gasteiger partial charge in [-0.3, -0.25) is 14.5 Å². The number of amides is 2. The van der Waals surface area contributed by atoms with Crippen LogP contribution in [-0.2, 0) is 22.6 Å². The van der Waals surface area contributed by atoms with E-state index in [4.69, 9.17) is 0 Å². The first-order valence-electron chi connectivity index (χ1n) is 11.5. The van der Waals surface area contributed by atoms with Crippen molar-refractivity contribution in [2.75, 3.05) is 4.90 Å². The molecule has 2 amide bonds. The molecule has 5 nitrogen and oxygen atoms in total. The molecule has 3 aromatic rings. The highest BCUT2D eigenvalue weighted by Gasteiger charge is 2.40. The van der Waals surface area contributed by atoms with Crippen molar-refractivity contribution in [1.82, 2.24) is 5.32 Å². The molecule has 0 bridgehead atoms. The van der Waals surface area contributed by atoms with Gasteiger partial charge in [-0.1, -0.05) is 78.0 Å². The molecule has 1 fully saturated rings. The van der Waals surface area contributed by atoms with Crippen LogP contribution in [0.4, 0.5) is 5.69 Å². The van der Waals surface area contributed by atoms with Crippen LogP contribution in [0.2, 0.25) is 0 Å². The number of hydrogen-bond donors (Lipinski definition) is 1. The Balaban J connectivity index is 1.70.